The summed E-state index contributed by atoms with van der Waals surface area (Å²) >= 11 is 1.47. The van der Waals surface area contributed by atoms with Crippen LogP contribution >= 0.6 is 11.3 Å². The molecule has 1 aromatic carbocycles. The average molecular weight is 220 g/mol. The van der Waals surface area contributed by atoms with Gasteiger partial charge >= 0.3 is 0 Å². The summed E-state index contributed by atoms with van der Waals surface area (Å²) in [5.41, 5.74) is 3.85. The zero-order valence-electron chi connectivity index (χ0n) is 8.48. The minimum atomic E-state index is 0.776. The molecule has 0 spiro atoms. The summed E-state index contributed by atoms with van der Waals surface area (Å²) in [4.78, 5) is 4.97. The summed E-state index contributed by atoms with van der Waals surface area (Å²) in [6, 6.07) is 5.74. The molecule has 77 valence electrons. The first-order valence-electron chi connectivity index (χ1n) is 4.39. The minimum Gasteiger partial charge on any atom is -0.497 e. The predicted molar refractivity (Wildman–Crippen MR) is 59.5 cm³/mol. The van der Waals surface area contributed by atoms with Crippen LogP contribution in [0.15, 0.2) is 24.4 Å². The van der Waals surface area contributed by atoms with Crippen molar-refractivity contribution < 1.29 is 9.47 Å². The first-order valence-corrected chi connectivity index (χ1v) is 5.20. The van der Waals surface area contributed by atoms with Crippen LogP contribution in [0.2, 0.25) is 0 Å². The van der Waals surface area contributed by atoms with Gasteiger partial charge in [0.2, 0.25) is 0 Å². The van der Waals surface area contributed by atoms with Crippen molar-refractivity contribution in [1.29, 1.82) is 0 Å². The number of methoxy groups -OCH3 is 2. The van der Waals surface area contributed by atoms with Gasteiger partial charge in [-0.05, 0) is 12.1 Å². The van der Waals surface area contributed by atoms with Gasteiger partial charge in [0.05, 0.1) is 19.1 Å². The van der Waals surface area contributed by atoms with E-state index < -0.39 is 0 Å². The number of nitrogens with zero attached hydrogens (tertiary/aromatic N) is 1. The molecule has 0 saturated heterocycles. The number of thiazole rings is 1. The molecule has 0 unspecified atom stereocenters. The predicted octanol–water partition coefficient (Wildman–Crippen LogP) is 2.63. The topological polar surface area (TPSA) is 31.4 Å². The monoisotopic (exact) mass is 220 g/mol. The normalized spacial score (nSPS) is 10.0. The summed E-state index contributed by atoms with van der Waals surface area (Å²) < 4.78 is 10.4. The van der Waals surface area contributed by atoms with Crippen molar-refractivity contribution >= 4 is 11.3 Å². The van der Waals surface area contributed by atoms with Crippen molar-refractivity contribution in [3.05, 3.63) is 29.9 Å². The fourth-order valence-electron chi connectivity index (χ4n) is 1.27. The number of rotatable bonds is 3. The molecule has 4 heteroatoms. The lowest BCUT2D eigenvalue weighted by Crippen LogP contribution is -1.87. The molecule has 0 fully saturated rings. The van der Waals surface area contributed by atoms with E-state index in [1.807, 2.05) is 18.2 Å². The van der Waals surface area contributed by atoms with E-state index in [1.54, 1.807) is 20.4 Å². The van der Waals surface area contributed by atoms with Crippen molar-refractivity contribution in [2.45, 2.75) is 0 Å². The number of ether oxygens (including phenoxy) is 2. The van der Waals surface area contributed by atoms with E-state index in [4.69, 9.17) is 9.47 Å². The number of benzene rings is 1. The summed E-state index contributed by atoms with van der Waals surface area (Å²) in [6.07, 6.45) is 1.78. The third-order valence-electron chi connectivity index (χ3n) is 2.03. The van der Waals surface area contributed by atoms with E-state index in [9.17, 15) is 0 Å². The zero-order valence-corrected chi connectivity index (χ0v) is 9.30. The molecule has 2 rings (SSSR count). The highest BCUT2D eigenvalue weighted by atomic mass is 32.1. The highest BCUT2D eigenvalue weighted by Crippen LogP contribution is 2.31. The smallest absolute Gasteiger partial charge is 0.152 e. The van der Waals surface area contributed by atoms with Gasteiger partial charge in [0, 0.05) is 17.8 Å². The maximum absolute atomic E-state index is 5.19. The molecule has 0 N–H and O–H groups in total. The Morgan fingerprint density at radius 1 is 1.13 bits per heavy atom. The highest BCUT2D eigenvalue weighted by Gasteiger charge is 2.05. The second-order valence-corrected chi connectivity index (χ2v) is 3.74. The van der Waals surface area contributed by atoms with Crippen molar-refractivity contribution in [2.75, 3.05) is 14.2 Å². The molecule has 1 radical (unpaired) electrons. The van der Waals surface area contributed by atoms with Crippen LogP contribution in [0.3, 0.4) is 0 Å². The molecule has 15 heavy (non-hydrogen) atoms. The number of hydrogen-bond donors (Lipinski definition) is 0. The molecular weight excluding hydrogens is 210 g/mol. The van der Waals surface area contributed by atoms with E-state index in [2.05, 4.69) is 10.5 Å². The van der Waals surface area contributed by atoms with Gasteiger partial charge in [0.25, 0.3) is 0 Å². The third kappa shape index (κ3) is 2.10. The molecule has 0 saturated carbocycles. The Kier molecular flexibility index (Phi) is 2.87. The highest BCUT2D eigenvalue weighted by molar-refractivity contribution is 7.12. The lowest BCUT2D eigenvalue weighted by atomic mass is 10.2. The van der Waals surface area contributed by atoms with E-state index in [-0.39, 0.29) is 0 Å². The van der Waals surface area contributed by atoms with E-state index in [1.165, 1.54) is 11.3 Å². The minimum absolute atomic E-state index is 0.776. The Morgan fingerprint density at radius 2 is 1.80 bits per heavy atom. The Bertz CT molecular complexity index is 418. The van der Waals surface area contributed by atoms with Crippen LogP contribution in [-0.4, -0.2) is 19.2 Å². The SMILES string of the molecule is COc1cc(OC)cc(-c2cn[c]s2)c1. The maximum atomic E-state index is 5.19. The second kappa shape index (κ2) is 4.31. The van der Waals surface area contributed by atoms with Crippen LogP contribution in [-0.2, 0) is 0 Å². The summed E-state index contributed by atoms with van der Waals surface area (Å²) in [5.74, 6) is 1.55. The van der Waals surface area contributed by atoms with Gasteiger partial charge in [-0.2, -0.15) is 0 Å². The van der Waals surface area contributed by atoms with Gasteiger partial charge in [0.15, 0.2) is 5.51 Å². The molecule has 0 bridgehead atoms. The van der Waals surface area contributed by atoms with Crippen molar-refractivity contribution in [2.24, 2.45) is 0 Å². The largest absolute Gasteiger partial charge is 0.497 e. The standard InChI is InChI=1S/C11H10NO2S/c1-13-9-3-8(4-10(5-9)14-2)11-6-12-7-15-11/h3-6H,1-2H3. The van der Waals surface area contributed by atoms with Gasteiger partial charge in [-0.1, -0.05) is 0 Å². The van der Waals surface area contributed by atoms with Crippen LogP contribution < -0.4 is 9.47 Å². The van der Waals surface area contributed by atoms with Gasteiger partial charge in [-0.15, -0.1) is 11.3 Å². The Balaban J connectivity index is 2.47. The molecule has 0 atom stereocenters. The van der Waals surface area contributed by atoms with Crippen molar-refractivity contribution in [3.63, 3.8) is 0 Å². The summed E-state index contributed by atoms with van der Waals surface area (Å²) in [6.45, 7) is 0. The fourth-order valence-corrected chi connectivity index (χ4v) is 1.81. The molecule has 3 nitrogen and oxygen atoms in total. The molecule has 1 heterocycles. The molecule has 0 amide bonds. The van der Waals surface area contributed by atoms with Gasteiger partial charge in [-0.25, -0.2) is 4.98 Å². The number of aromatic nitrogens is 1. The molecule has 0 aliphatic rings. The molecule has 2 aromatic rings. The average Bonchev–Trinajstić information content (AvgIpc) is 2.81. The van der Waals surface area contributed by atoms with E-state index >= 15 is 0 Å². The quantitative estimate of drug-likeness (QED) is 0.796. The number of hydrogen-bond acceptors (Lipinski definition) is 4. The summed E-state index contributed by atoms with van der Waals surface area (Å²) in [7, 11) is 3.27. The van der Waals surface area contributed by atoms with Gasteiger partial charge in [-0.3, -0.25) is 0 Å². The second-order valence-electron chi connectivity index (χ2n) is 2.92. The van der Waals surface area contributed by atoms with Gasteiger partial charge < -0.3 is 9.47 Å². The maximum Gasteiger partial charge on any atom is 0.152 e. The van der Waals surface area contributed by atoms with Crippen LogP contribution in [0.4, 0.5) is 0 Å². The fraction of sp³-hybridized carbons (Fsp3) is 0.182. The van der Waals surface area contributed by atoms with Crippen LogP contribution in [0.5, 0.6) is 11.5 Å². The van der Waals surface area contributed by atoms with Crippen molar-refractivity contribution in [1.82, 2.24) is 4.98 Å². The molecule has 1 aromatic heterocycles. The lowest BCUT2D eigenvalue weighted by Gasteiger charge is -2.06. The first kappa shape index (κ1) is 9.98. The van der Waals surface area contributed by atoms with Crippen molar-refractivity contribution in [3.8, 4) is 21.9 Å². The van der Waals surface area contributed by atoms with Gasteiger partial charge in [0.1, 0.15) is 11.5 Å². The Hall–Kier alpha value is -1.55. The van der Waals surface area contributed by atoms with Crippen LogP contribution in [0.25, 0.3) is 10.4 Å². The Labute approximate surface area is 92.3 Å². The third-order valence-corrected chi connectivity index (χ3v) is 2.78. The van der Waals surface area contributed by atoms with E-state index in [0.29, 0.717) is 0 Å². The molecule has 0 aliphatic heterocycles. The lowest BCUT2D eigenvalue weighted by molar-refractivity contribution is 0.394. The van der Waals surface area contributed by atoms with Crippen LogP contribution in [0.1, 0.15) is 0 Å². The van der Waals surface area contributed by atoms with Crippen LogP contribution in [0, 0.1) is 5.51 Å². The zero-order chi connectivity index (χ0) is 10.7. The van der Waals surface area contributed by atoms with E-state index in [0.717, 1.165) is 21.9 Å². The summed E-state index contributed by atoms with van der Waals surface area (Å²) in [5, 5.41) is 0. The molecule has 0 aliphatic carbocycles. The first-order chi connectivity index (χ1) is 7.33. The molecular formula is C11H10NO2S. The Morgan fingerprint density at radius 3 is 2.27 bits per heavy atom.